The molecule has 1 aliphatic rings. The van der Waals surface area contributed by atoms with Crippen LogP contribution in [0.15, 0.2) is 40.7 Å². The fourth-order valence-corrected chi connectivity index (χ4v) is 5.24. The molecule has 9 heteroatoms. The van der Waals surface area contributed by atoms with Gasteiger partial charge in [-0.3, -0.25) is 0 Å². The highest BCUT2D eigenvalue weighted by Gasteiger charge is 2.31. The number of carbonyl (C=O) groups is 1. The van der Waals surface area contributed by atoms with Gasteiger partial charge in [0.05, 0.1) is 7.11 Å². The molecule has 0 spiro atoms. The fraction of sp³-hybridized carbons (Fsp3) is 0.333. The van der Waals surface area contributed by atoms with Crippen molar-refractivity contribution in [3.05, 3.63) is 40.7 Å². The third-order valence-electron chi connectivity index (χ3n) is 3.77. The summed E-state index contributed by atoms with van der Waals surface area (Å²) in [7, 11) is -2.55. The zero-order chi connectivity index (χ0) is 17.2. The van der Waals surface area contributed by atoms with Crippen LogP contribution in [0.3, 0.4) is 0 Å². The molecule has 1 fully saturated rings. The number of rotatable bonds is 5. The van der Waals surface area contributed by atoms with Gasteiger partial charge in [-0.15, -0.1) is 11.3 Å². The topological polar surface area (TPSA) is 88.6 Å². The van der Waals surface area contributed by atoms with Crippen LogP contribution in [0.5, 0.6) is 0 Å². The minimum atomic E-state index is -3.78. The van der Waals surface area contributed by atoms with Gasteiger partial charge in [-0.2, -0.15) is 0 Å². The van der Waals surface area contributed by atoms with E-state index >= 15 is 0 Å². The molecule has 3 rings (SSSR count). The number of hydrogen-bond donors (Lipinski definition) is 1. The van der Waals surface area contributed by atoms with Gasteiger partial charge < -0.3 is 9.64 Å². The molecule has 2 aromatic rings. The number of aromatic nitrogens is 1. The van der Waals surface area contributed by atoms with Gasteiger partial charge in [-0.25, -0.2) is 22.9 Å². The molecule has 7 nitrogen and oxygen atoms in total. The molecule has 24 heavy (non-hydrogen) atoms. The zero-order valence-electron chi connectivity index (χ0n) is 13.0. The van der Waals surface area contributed by atoms with Crippen LogP contribution in [0.2, 0.25) is 0 Å². The second-order valence-corrected chi connectivity index (χ2v) is 7.94. The third kappa shape index (κ3) is 3.42. The largest absolute Gasteiger partial charge is 0.465 e. The first-order valence-electron chi connectivity index (χ1n) is 7.35. The molecule has 1 aliphatic heterocycles. The fourth-order valence-electron chi connectivity index (χ4n) is 2.64. The Hall–Kier alpha value is -1.97. The Labute approximate surface area is 144 Å². The number of nitrogens with zero attached hydrogens (tertiary/aromatic N) is 2. The summed E-state index contributed by atoms with van der Waals surface area (Å²) in [6.45, 7) is 1.26. The maximum absolute atomic E-state index is 12.6. The summed E-state index contributed by atoms with van der Waals surface area (Å²) in [6.07, 6.45) is 2.38. The lowest BCUT2D eigenvalue weighted by atomic mass is 10.3. The van der Waals surface area contributed by atoms with Crippen molar-refractivity contribution in [2.24, 2.45) is 0 Å². The van der Waals surface area contributed by atoms with E-state index in [0.717, 1.165) is 23.7 Å². The molecule has 0 saturated carbocycles. The Morgan fingerprint density at radius 3 is 2.96 bits per heavy atom. The van der Waals surface area contributed by atoms with E-state index in [-0.39, 0.29) is 15.8 Å². The maximum Gasteiger partial charge on any atom is 0.349 e. The smallest absolute Gasteiger partial charge is 0.349 e. The molecule has 128 valence electrons. The number of esters is 1. The highest BCUT2D eigenvalue weighted by molar-refractivity contribution is 7.89. The number of carbonyl (C=O) groups excluding carboxylic acids is 1. The van der Waals surface area contributed by atoms with Crippen molar-refractivity contribution in [3.63, 3.8) is 0 Å². The Kier molecular flexibility index (Phi) is 4.83. The van der Waals surface area contributed by atoms with E-state index in [9.17, 15) is 13.2 Å². The van der Waals surface area contributed by atoms with Crippen molar-refractivity contribution in [1.29, 1.82) is 0 Å². The number of thiophene rings is 1. The van der Waals surface area contributed by atoms with Gasteiger partial charge in [0, 0.05) is 25.3 Å². The van der Waals surface area contributed by atoms with E-state index in [2.05, 4.69) is 14.4 Å². The van der Waals surface area contributed by atoms with Gasteiger partial charge in [0.1, 0.15) is 15.6 Å². The van der Waals surface area contributed by atoms with Crippen LogP contribution in [0.25, 0.3) is 0 Å². The lowest BCUT2D eigenvalue weighted by Crippen LogP contribution is -2.37. The summed E-state index contributed by atoms with van der Waals surface area (Å²) < 4.78 is 32.5. The quantitative estimate of drug-likeness (QED) is 0.806. The van der Waals surface area contributed by atoms with Crippen molar-refractivity contribution in [1.82, 2.24) is 9.71 Å². The highest BCUT2D eigenvalue weighted by atomic mass is 32.2. The van der Waals surface area contributed by atoms with Crippen molar-refractivity contribution < 1.29 is 17.9 Å². The van der Waals surface area contributed by atoms with Gasteiger partial charge >= 0.3 is 5.97 Å². The monoisotopic (exact) mass is 367 g/mol. The van der Waals surface area contributed by atoms with Gasteiger partial charge in [0.2, 0.25) is 10.0 Å². The summed E-state index contributed by atoms with van der Waals surface area (Å²) in [6, 6.07) is 6.82. The predicted octanol–water partition coefficient (Wildman–Crippen LogP) is 1.49. The molecule has 2 aromatic heterocycles. The summed E-state index contributed by atoms with van der Waals surface area (Å²) in [4.78, 5) is 18.1. The second kappa shape index (κ2) is 6.88. The van der Waals surface area contributed by atoms with Crippen LogP contribution in [-0.4, -0.2) is 45.6 Å². The Balaban J connectivity index is 1.72. The normalized spacial score (nSPS) is 17.9. The summed E-state index contributed by atoms with van der Waals surface area (Å²) in [5.41, 5.74) is 0. The van der Waals surface area contributed by atoms with E-state index in [1.54, 1.807) is 11.6 Å². The highest BCUT2D eigenvalue weighted by Crippen LogP contribution is 2.24. The Morgan fingerprint density at radius 2 is 2.25 bits per heavy atom. The molecule has 3 heterocycles. The zero-order valence-corrected chi connectivity index (χ0v) is 14.6. The first-order chi connectivity index (χ1) is 11.5. The standard InChI is InChI=1S/C15H17N3O4S2/c1-22-15(19)14-12(6-9-23-14)24(20,21)17-11-5-8-18(10-11)13-4-2-3-7-16-13/h2-4,6-7,9,11,17H,5,8,10H2,1H3/t11-/m1/s1. The lowest BCUT2D eigenvalue weighted by molar-refractivity contribution is 0.0602. The Bertz CT molecular complexity index is 820. The minimum Gasteiger partial charge on any atom is -0.465 e. The molecule has 0 amide bonds. The van der Waals surface area contributed by atoms with E-state index < -0.39 is 16.0 Å². The van der Waals surface area contributed by atoms with Crippen LogP contribution < -0.4 is 9.62 Å². The van der Waals surface area contributed by atoms with Gasteiger partial charge in [-0.05, 0) is 30.0 Å². The first kappa shape index (κ1) is 16.9. The number of hydrogen-bond acceptors (Lipinski definition) is 7. The van der Waals surface area contributed by atoms with Gasteiger partial charge in [0.25, 0.3) is 0 Å². The molecule has 1 saturated heterocycles. The minimum absolute atomic E-state index is 0.0318. The van der Waals surface area contributed by atoms with Crippen LogP contribution >= 0.6 is 11.3 Å². The van der Waals surface area contributed by atoms with E-state index in [1.165, 1.54) is 13.2 Å². The molecule has 1 atom stereocenters. The average Bonchev–Trinajstić information content (AvgIpc) is 3.24. The van der Waals surface area contributed by atoms with E-state index in [4.69, 9.17) is 0 Å². The molecular weight excluding hydrogens is 350 g/mol. The van der Waals surface area contributed by atoms with Crippen molar-refractivity contribution in [3.8, 4) is 0 Å². The number of sulfonamides is 1. The lowest BCUT2D eigenvalue weighted by Gasteiger charge is -2.17. The van der Waals surface area contributed by atoms with Crippen molar-refractivity contribution in [2.45, 2.75) is 17.4 Å². The van der Waals surface area contributed by atoms with Gasteiger partial charge in [-0.1, -0.05) is 6.07 Å². The molecule has 0 bridgehead atoms. The third-order valence-corrected chi connectivity index (χ3v) is 6.36. The number of methoxy groups -OCH3 is 1. The summed E-state index contributed by atoms with van der Waals surface area (Å²) in [5.74, 6) is 0.178. The van der Waals surface area contributed by atoms with Crippen LogP contribution in [0, 0.1) is 0 Å². The molecule has 1 N–H and O–H groups in total. The first-order valence-corrected chi connectivity index (χ1v) is 9.71. The van der Waals surface area contributed by atoms with Crippen molar-refractivity contribution in [2.75, 3.05) is 25.1 Å². The number of anilines is 1. The molecule has 0 radical (unpaired) electrons. The molecule has 0 unspecified atom stereocenters. The SMILES string of the molecule is COC(=O)c1sccc1S(=O)(=O)N[C@@H]1CCN(c2ccccn2)C1. The van der Waals surface area contributed by atoms with E-state index in [1.807, 2.05) is 23.1 Å². The van der Waals surface area contributed by atoms with Crippen LogP contribution in [-0.2, 0) is 14.8 Å². The van der Waals surface area contributed by atoms with Crippen LogP contribution in [0.4, 0.5) is 5.82 Å². The van der Waals surface area contributed by atoms with Gasteiger partial charge in [0.15, 0.2) is 0 Å². The maximum atomic E-state index is 12.6. The molecule has 0 aliphatic carbocycles. The molecular formula is C15H17N3O4S2. The molecule has 0 aromatic carbocycles. The second-order valence-electron chi connectivity index (χ2n) is 5.35. The summed E-state index contributed by atoms with van der Waals surface area (Å²) >= 11 is 1.05. The van der Waals surface area contributed by atoms with E-state index in [0.29, 0.717) is 13.0 Å². The number of pyridine rings is 1. The predicted molar refractivity (Wildman–Crippen MR) is 90.8 cm³/mol. The van der Waals surface area contributed by atoms with Crippen LogP contribution in [0.1, 0.15) is 16.1 Å². The number of nitrogens with one attached hydrogen (secondary N) is 1. The number of ether oxygens (including phenoxy) is 1. The Morgan fingerprint density at radius 1 is 1.42 bits per heavy atom. The van der Waals surface area contributed by atoms with Crippen molar-refractivity contribution >= 4 is 33.1 Å². The average molecular weight is 367 g/mol. The summed E-state index contributed by atoms with van der Waals surface area (Å²) in [5, 5.41) is 1.57.